The molecule has 0 saturated heterocycles. The highest BCUT2D eigenvalue weighted by Crippen LogP contribution is 2.09. The fourth-order valence-corrected chi connectivity index (χ4v) is 1.34. The molecular weight excluding hydrogens is 282 g/mol. The van der Waals surface area contributed by atoms with Gasteiger partial charge < -0.3 is 21.5 Å². The van der Waals surface area contributed by atoms with Gasteiger partial charge in [-0.1, -0.05) is 22.9 Å². The summed E-state index contributed by atoms with van der Waals surface area (Å²) >= 11 is 3.55. The van der Waals surface area contributed by atoms with Gasteiger partial charge in [0, 0.05) is 4.83 Å². The van der Waals surface area contributed by atoms with Crippen molar-refractivity contribution in [2.24, 2.45) is 0 Å². The zero-order valence-corrected chi connectivity index (χ0v) is 11.8. The fraction of sp³-hybridized carbons (Fsp3) is 1.00. The second kappa shape index (κ2) is 7.34. The van der Waals surface area contributed by atoms with E-state index in [0.29, 0.717) is 4.83 Å². The summed E-state index contributed by atoms with van der Waals surface area (Å²) in [7, 11) is 6.74. The van der Waals surface area contributed by atoms with E-state index in [0.717, 1.165) is 4.48 Å². The summed E-state index contributed by atoms with van der Waals surface area (Å²) in [5.74, 6) is 0. The van der Waals surface area contributed by atoms with E-state index in [-0.39, 0.29) is 17.0 Å². The van der Waals surface area contributed by atoms with Gasteiger partial charge in [0.2, 0.25) is 0 Å². The highest BCUT2D eigenvalue weighted by molar-refractivity contribution is 9.09. The lowest BCUT2D eigenvalue weighted by Crippen LogP contribution is -3.00. The standard InChI is InChI=1S/C9H21BrN.BrH/c1-9(10)7-5-6-8-11(2,3)4;/h9H,5-8H2,1-4H3;1H/q+1;/p-1. The molecule has 3 heteroatoms. The topological polar surface area (TPSA) is 0 Å². The lowest BCUT2D eigenvalue weighted by Gasteiger charge is -2.23. The number of quaternary nitrogens is 1. The van der Waals surface area contributed by atoms with Crippen LogP contribution in [0.15, 0.2) is 0 Å². The second-order valence-corrected chi connectivity index (χ2v) is 5.85. The van der Waals surface area contributed by atoms with Crippen LogP contribution in [0.25, 0.3) is 0 Å². The zero-order valence-electron chi connectivity index (χ0n) is 8.61. The molecule has 0 bridgehead atoms. The number of halogens is 2. The van der Waals surface area contributed by atoms with E-state index in [1.54, 1.807) is 0 Å². The minimum absolute atomic E-state index is 0. The van der Waals surface area contributed by atoms with E-state index < -0.39 is 0 Å². The van der Waals surface area contributed by atoms with E-state index >= 15 is 0 Å². The summed E-state index contributed by atoms with van der Waals surface area (Å²) in [6.07, 6.45) is 4.00. The first-order chi connectivity index (χ1) is 4.92. The van der Waals surface area contributed by atoms with Crippen LogP contribution in [0.2, 0.25) is 0 Å². The van der Waals surface area contributed by atoms with Crippen LogP contribution in [0.4, 0.5) is 0 Å². The Bertz CT molecular complexity index is 97.2. The molecule has 1 nitrogen and oxygen atoms in total. The van der Waals surface area contributed by atoms with Gasteiger partial charge in [-0.05, 0) is 19.3 Å². The molecule has 0 radical (unpaired) electrons. The Kier molecular flexibility index (Phi) is 9.41. The van der Waals surface area contributed by atoms with Gasteiger partial charge in [-0.15, -0.1) is 0 Å². The summed E-state index contributed by atoms with van der Waals surface area (Å²) in [6, 6.07) is 0. The molecule has 0 aromatic rings. The minimum atomic E-state index is 0. The molecule has 1 unspecified atom stereocenters. The van der Waals surface area contributed by atoms with Crippen LogP contribution in [-0.4, -0.2) is 37.0 Å². The first-order valence-corrected chi connectivity index (χ1v) is 5.28. The van der Waals surface area contributed by atoms with Gasteiger partial charge in [0.1, 0.15) is 0 Å². The van der Waals surface area contributed by atoms with Crippen molar-refractivity contribution in [3.8, 4) is 0 Å². The predicted molar refractivity (Wildman–Crippen MR) is 55.1 cm³/mol. The molecule has 0 aromatic heterocycles. The maximum atomic E-state index is 3.55. The van der Waals surface area contributed by atoms with Gasteiger partial charge in [0.05, 0.1) is 27.7 Å². The molecule has 12 heavy (non-hydrogen) atoms. The summed E-state index contributed by atoms with van der Waals surface area (Å²) in [5, 5.41) is 0. The first-order valence-electron chi connectivity index (χ1n) is 4.36. The maximum absolute atomic E-state index is 3.55. The Morgan fingerprint density at radius 1 is 1.17 bits per heavy atom. The number of unbranched alkanes of at least 4 members (excludes halogenated alkanes) is 1. The third kappa shape index (κ3) is 13.5. The van der Waals surface area contributed by atoms with Crippen molar-refractivity contribution >= 4 is 15.9 Å². The van der Waals surface area contributed by atoms with Crippen molar-refractivity contribution in [3.05, 3.63) is 0 Å². The van der Waals surface area contributed by atoms with Crippen LogP contribution >= 0.6 is 15.9 Å². The third-order valence-electron chi connectivity index (χ3n) is 1.68. The van der Waals surface area contributed by atoms with Gasteiger partial charge in [0.15, 0.2) is 0 Å². The van der Waals surface area contributed by atoms with Crippen LogP contribution in [0.3, 0.4) is 0 Å². The molecule has 0 fully saturated rings. The van der Waals surface area contributed by atoms with Gasteiger partial charge >= 0.3 is 0 Å². The number of rotatable bonds is 5. The van der Waals surface area contributed by atoms with Crippen molar-refractivity contribution in [2.45, 2.75) is 31.0 Å². The zero-order chi connectivity index (χ0) is 8.91. The predicted octanol–water partition coefficient (Wildman–Crippen LogP) is -0.350. The van der Waals surface area contributed by atoms with Gasteiger partial charge in [-0.2, -0.15) is 0 Å². The SMILES string of the molecule is CC(Br)CCCC[N+](C)(C)C.[Br-]. The summed E-state index contributed by atoms with van der Waals surface area (Å²) < 4.78 is 1.09. The monoisotopic (exact) mass is 301 g/mol. The summed E-state index contributed by atoms with van der Waals surface area (Å²) in [5.41, 5.74) is 0. The van der Waals surface area contributed by atoms with Crippen molar-refractivity contribution in [1.29, 1.82) is 0 Å². The number of hydrogen-bond donors (Lipinski definition) is 0. The molecule has 0 heterocycles. The number of hydrogen-bond acceptors (Lipinski definition) is 0. The van der Waals surface area contributed by atoms with Crippen molar-refractivity contribution < 1.29 is 21.5 Å². The number of alkyl halides is 1. The quantitative estimate of drug-likeness (QED) is 0.370. The average molecular weight is 303 g/mol. The van der Waals surface area contributed by atoms with Crippen LogP contribution < -0.4 is 17.0 Å². The van der Waals surface area contributed by atoms with Crippen molar-refractivity contribution in [1.82, 2.24) is 0 Å². The second-order valence-electron chi connectivity index (χ2n) is 4.29. The van der Waals surface area contributed by atoms with E-state index in [1.807, 2.05) is 0 Å². The number of nitrogens with zero attached hydrogens (tertiary/aromatic N) is 1. The molecule has 0 amide bonds. The molecule has 0 aliphatic carbocycles. The molecule has 0 aliphatic heterocycles. The van der Waals surface area contributed by atoms with Gasteiger partial charge in [-0.3, -0.25) is 0 Å². The summed E-state index contributed by atoms with van der Waals surface area (Å²) in [4.78, 5) is 0.690. The van der Waals surface area contributed by atoms with E-state index in [2.05, 4.69) is 44.0 Å². The lowest BCUT2D eigenvalue weighted by atomic mass is 10.2. The largest absolute Gasteiger partial charge is 1.00 e. The van der Waals surface area contributed by atoms with Crippen LogP contribution in [0, 0.1) is 0 Å². The van der Waals surface area contributed by atoms with Gasteiger partial charge in [-0.25, -0.2) is 0 Å². The fourth-order valence-electron chi connectivity index (χ4n) is 1.01. The van der Waals surface area contributed by atoms with Gasteiger partial charge in [0.25, 0.3) is 0 Å². The Labute approximate surface area is 96.0 Å². The van der Waals surface area contributed by atoms with Crippen LogP contribution in [0.1, 0.15) is 26.2 Å². The Balaban J connectivity index is 0. The highest BCUT2D eigenvalue weighted by atomic mass is 79.9. The molecule has 0 spiro atoms. The Hall–Kier alpha value is 0.920. The molecule has 0 aromatic carbocycles. The molecule has 1 atom stereocenters. The highest BCUT2D eigenvalue weighted by Gasteiger charge is 2.05. The minimum Gasteiger partial charge on any atom is -1.00 e. The van der Waals surface area contributed by atoms with E-state index in [4.69, 9.17) is 0 Å². The molecule has 0 saturated carbocycles. The van der Waals surface area contributed by atoms with Crippen molar-refractivity contribution in [2.75, 3.05) is 27.7 Å². The molecule has 76 valence electrons. The van der Waals surface area contributed by atoms with Crippen LogP contribution in [-0.2, 0) is 0 Å². The van der Waals surface area contributed by atoms with Crippen molar-refractivity contribution in [3.63, 3.8) is 0 Å². The average Bonchev–Trinajstić information content (AvgIpc) is 1.78. The lowest BCUT2D eigenvalue weighted by molar-refractivity contribution is -0.870. The first kappa shape index (κ1) is 15.4. The Morgan fingerprint density at radius 2 is 1.67 bits per heavy atom. The van der Waals surface area contributed by atoms with E-state index in [9.17, 15) is 0 Å². The molecule has 0 N–H and O–H groups in total. The third-order valence-corrected chi connectivity index (χ3v) is 2.14. The normalized spacial score (nSPS) is 13.8. The molecule has 0 aliphatic rings. The van der Waals surface area contributed by atoms with Crippen LogP contribution in [0.5, 0.6) is 0 Å². The van der Waals surface area contributed by atoms with E-state index in [1.165, 1.54) is 25.8 Å². The maximum Gasteiger partial charge on any atom is 0.0780 e. The smallest absolute Gasteiger partial charge is 0.0780 e. The molecule has 0 rings (SSSR count). The molecular formula is C9H21Br2N. The Morgan fingerprint density at radius 3 is 2.00 bits per heavy atom. The summed E-state index contributed by atoms with van der Waals surface area (Å²) in [6.45, 7) is 3.51.